The van der Waals surface area contributed by atoms with Crippen molar-refractivity contribution in [3.8, 4) is 0 Å². The second kappa shape index (κ2) is 12.9. The van der Waals surface area contributed by atoms with E-state index in [1.807, 2.05) is 22.9 Å². The maximum Gasteiger partial charge on any atom is 0.312 e. The van der Waals surface area contributed by atoms with E-state index in [0.717, 1.165) is 19.6 Å². The van der Waals surface area contributed by atoms with Gasteiger partial charge in [0, 0.05) is 22.8 Å². The Morgan fingerprint density at radius 1 is 0.658 bits per heavy atom. The minimum Gasteiger partial charge on any atom is -0.443 e. The summed E-state index contributed by atoms with van der Waals surface area (Å²) in [5, 5.41) is 3.68. The van der Waals surface area contributed by atoms with Crippen molar-refractivity contribution in [1.82, 2.24) is 19.6 Å². The van der Waals surface area contributed by atoms with Gasteiger partial charge in [0.1, 0.15) is 0 Å². The van der Waals surface area contributed by atoms with Crippen molar-refractivity contribution in [1.29, 1.82) is 0 Å². The van der Waals surface area contributed by atoms with Gasteiger partial charge in [-0.1, -0.05) is 12.1 Å². The van der Waals surface area contributed by atoms with Crippen LogP contribution < -0.4 is 0 Å². The van der Waals surface area contributed by atoms with Gasteiger partial charge in [0.15, 0.2) is 13.5 Å². The van der Waals surface area contributed by atoms with Crippen LogP contribution in [0.1, 0.15) is 9.75 Å². The van der Waals surface area contributed by atoms with Gasteiger partial charge in [0.25, 0.3) is 0 Å². The van der Waals surface area contributed by atoms with Gasteiger partial charge in [0.05, 0.1) is 39.0 Å². The molecule has 0 unspecified atom stereocenters. The number of thiophene rings is 2. The minimum absolute atomic E-state index is 0.0593. The molecule has 12 nitrogen and oxygen atoms in total. The van der Waals surface area contributed by atoms with Crippen molar-refractivity contribution in [3.63, 3.8) is 0 Å². The number of amides is 4. The molecule has 2 fully saturated rings. The second-order valence-corrected chi connectivity index (χ2v) is 10.7. The van der Waals surface area contributed by atoms with Gasteiger partial charge >= 0.3 is 11.9 Å². The Morgan fingerprint density at radius 2 is 1.03 bits per heavy atom. The SMILES string of the molecule is O=C(Cc1cccs1)OCN1C(=O)CN(CCN2CC(=O)N(COC(=O)Cc3cccs3)C(=O)C2)CC1=O. The van der Waals surface area contributed by atoms with E-state index in [4.69, 9.17) is 9.47 Å². The standard InChI is InChI=1S/C24H26N4O8S2/c29-19-11-25(12-20(30)27(19)15-35-23(33)9-17-3-1-7-37-17)5-6-26-13-21(31)28(22(32)14-26)16-36-24(34)10-18-4-2-8-38-18/h1-4,7-8H,5-6,9-16H2. The summed E-state index contributed by atoms with van der Waals surface area (Å²) in [7, 11) is 0. The highest BCUT2D eigenvalue weighted by atomic mass is 32.1. The van der Waals surface area contributed by atoms with Crippen LogP contribution in [0.4, 0.5) is 0 Å². The zero-order valence-corrected chi connectivity index (χ0v) is 22.0. The van der Waals surface area contributed by atoms with Crippen molar-refractivity contribution >= 4 is 58.2 Å². The number of esters is 2. The summed E-state index contributed by atoms with van der Waals surface area (Å²) in [5.41, 5.74) is 0. The van der Waals surface area contributed by atoms with E-state index in [1.165, 1.54) is 22.7 Å². The molecule has 14 heteroatoms. The zero-order chi connectivity index (χ0) is 27.1. The fraction of sp³-hybridized carbons (Fsp3) is 0.417. The highest BCUT2D eigenvalue weighted by Crippen LogP contribution is 2.13. The molecule has 0 radical (unpaired) electrons. The topological polar surface area (TPSA) is 134 Å². The third-order valence-corrected chi connectivity index (χ3v) is 7.63. The van der Waals surface area contributed by atoms with Gasteiger partial charge in [0.2, 0.25) is 23.6 Å². The average molecular weight is 563 g/mol. The Labute approximate surface area is 226 Å². The first-order valence-corrected chi connectivity index (χ1v) is 13.5. The van der Waals surface area contributed by atoms with Crippen LogP contribution in [-0.2, 0) is 51.1 Å². The van der Waals surface area contributed by atoms with Crippen LogP contribution >= 0.6 is 22.7 Å². The summed E-state index contributed by atoms with van der Waals surface area (Å²) in [6.07, 6.45) is 0.143. The number of carbonyl (C=O) groups is 6. The summed E-state index contributed by atoms with van der Waals surface area (Å²) in [5.74, 6) is -3.03. The van der Waals surface area contributed by atoms with E-state index in [9.17, 15) is 28.8 Å². The Morgan fingerprint density at radius 3 is 1.34 bits per heavy atom. The van der Waals surface area contributed by atoms with Crippen molar-refractivity contribution in [2.75, 3.05) is 52.7 Å². The quantitative estimate of drug-likeness (QED) is 0.271. The van der Waals surface area contributed by atoms with E-state index in [0.29, 0.717) is 0 Å². The molecule has 2 aliphatic rings. The predicted molar refractivity (Wildman–Crippen MR) is 135 cm³/mol. The third-order valence-electron chi connectivity index (χ3n) is 5.88. The predicted octanol–water partition coefficient (Wildman–Crippen LogP) is -0.0622. The molecule has 0 aromatic carbocycles. The number of carbonyl (C=O) groups excluding carboxylic acids is 6. The Kier molecular flexibility index (Phi) is 9.33. The van der Waals surface area contributed by atoms with Crippen LogP contribution in [0.25, 0.3) is 0 Å². The van der Waals surface area contributed by atoms with Crippen LogP contribution in [0.15, 0.2) is 35.0 Å². The van der Waals surface area contributed by atoms with Gasteiger partial charge in [-0.05, 0) is 22.9 Å². The van der Waals surface area contributed by atoms with E-state index < -0.39 is 49.0 Å². The lowest BCUT2D eigenvalue weighted by atomic mass is 10.2. The second-order valence-electron chi connectivity index (χ2n) is 8.66. The normalized spacial score (nSPS) is 17.3. The fourth-order valence-corrected chi connectivity index (χ4v) is 5.25. The lowest BCUT2D eigenvalue weighted by Crippen LogP contribution is -2.58. The van der Waals surface area contributed by atoms with E-state index in [-0.39, 0.29) is 52.1 Å². The molecule has 38 heavy (non-hydrogen) atoms. The van der Waals surface area contributed by atoms with Crippen molar-refractivity contribution in [3.05, 3.63) is 44.8 Å². The van der Waals surface area contributed by atoms with Crippen LogP contribution in [-0.4, -0.2) is 108 Å². The molecule has 202 valence electrons. The third kappa shape index (κ3) is 7.54. The molecule has 2 aromatic heterocycles. The van der Waals surface area contributed by atoms with Crippen molar-refractivity contribution < 1.29 is 38.2 Å². The summed E-state index contributed by atoms with van der Waals surface area (Å²) in [4.78, 5) is 80.5. The van der Waals surface area contributed by atoms with E-state index in [1.54, 1.807) is 21.9 Å². The van der Waals surface area contributed by atoms with Gasteiger partial charge < -0.3 is 9.47 Å². The van der Waals surface area contributed by atoms with E-state index >= 15 is 0 Å². The number of imide groups is 2. The largest absolute Gasteiger partial charge is 0.443 e. The smallest absolute Gasteiger partial charge is 0.312 e. The van der Waals surface area contributed by atoms with Crippen molar-refractivity contribution in [2.45, 2.75) is 12.8 Å². The lowest BCUT2D eigenvalue weighted by molar-refractivity contribution is -0.166. The number of hydrogen-bond acceptors (Lipinski definition) is 12. The summed E-state index contributed by atoms with van der Waals surface area (Å²) in [6.45, 7) is -0.546. The zero-order valence-electron chi connectivity index (χ0n) is 20.4. The van der Waals surface area contributed by atoms with Gasteiger partial charge in [-0.25, -0.2) is 9.80 Å². The highest BCUT2D eigenvalue weighted by Gasteiger charge is 2.34. The van der Waals surface area contributed by atoms with Crippen LogP contribution in [0.3, 0.4) is 0 Å². The molecule has 0 N–H and O–H groups in total. The molecule has 0 atom stereocenters. The Hall–Kier alpha value is -3.46. The van der Waals surface area contributed by atoms with Gasteiger partial charge in [-0.15, -0.1) is 22.7 Å². The number of nitrogens with zero attached hydrogens (tertiary/aromatic N) is 4. The molecule has 2 aromatic rings. The number of piperazine rings is 2. The maximum absolute atomic E-state index is 12.5. The summed E-state index contributed by atoms with van der Waals surface area (Å²) in [6, 6.07) is 7.22. The van der Waals surface area contributed by atoms with Crippen molar-refractivity contribution in [2.24, 2.45) is 0 Å². The van der Waals surface area contributed by atoms with E-state index in [2.05, 4.69) is 0 Å². The van der Waals surface area contributed by atoms with Crippen LogP contribution in [0.2, 0.25) is 0 Å². The van der Waals surface area contributed by atoms with Gasteiger partial charge in [-0.2, -0.15) is 0 Å². The number of hydrogen-bond donors (Lipinski definition) is 0. The maximum atomic E-state index is 12.5. The molecule has 2 saturated heterocycles. The van der Waals surface area contributed by atoms with Crippen LogP contribution in [0.5, 0.6) is 0 Å². The molecule has 4 heterocycles. The average Bonchev–Trinajstić information content (AvgIpc) is 3.56. The molecule has 0 aliphatic carbocycles. The highest BCUT2D eigenvalue weighted by molar-refractivity contribution is 7.10. The number of ether oxygens (including phenoxy) is 2. The first kappa shape index (κ1) is 27.6. The molecule has 4 rings (SSSR count). The summed E-state index contributed by atoms with van der Waals surface area (Å²) < 4.78 is 10.2. The van der Waals surface area contributed by atoms with Crippen LogP contribution in [0, 0.1) is 0 Å². The molecule has 2 aliphatic heterocycles. The molecule has 0 spiro atoms. The lowest BCUT2D eigenvalue weighted by Gasteiger charge is -2.35. The molecule has 0 saturated carbocycles. The van der Waals surface area contributed by atoms with Gasteiger partial charge in [-0.3, -0.25) is 38.6 Å². The monoisotopic (exact) mass is 562 g/mol. The molecule has 4 amide bonds. The Balaban J connectivity index is 1.16. The fourth-order valence-electron chi connectivity index (χ4n) is 3.87. The Bertz CT molecular complexity index is 1060. The minimum atomic E-state index is -0.527. The first-order chi connectivity index (χ1) is 18.3. The number of rotatable bonds is 11. The first-order valence-electron chi connectivity index (χ1n) is 11.8. The molecule has 0 bridgehead atoms. The summed E-state index contributed by atoms with van der Waals surface area (Å²) >= 11 is 2.82. The molecular formula is C24H26N4O8S2. The molecular weight excluding hydrogens is 536 g/mol.